The van der Waals surface area contributed by atoms with Crippen molar-refractivity contribution in [2.45, 2.75) is 4.90 Å². The number of hydrogen-bond donors (Lipinski definition) is 2. The molecule has 0 bridgehead atoms. The lowest BCUT2D eigenvalue weighted by atomic mass is 10.3. The Morgan fingerprint density at radius 2 is 1.95 bits per heavy atom. The molecule has 2 aromatic rings. The van der Waals surface area contributed by atoms with Gasteiger partial charge in [0.25, 0.3) is 5.91 Å². The minimum absolute atomic E-state index is 0.00142. The third-order valence-electron chi connectivity index (χ3n) is 2.59. The van der Waals surface area contributed by atoms with Gasteiger partial charge in [-0.3, -0.25) is 4.79 Å². The molecule has 4 N–H and O–H groups in total. The molecule has 0 atom stereocenters. The molecule has 2 rings (SSSR count). The number of aromatic nitrogens is 1. The number of carbonyl (C=O) groups excluding carboxylic acids is 1. The van der Waals surface area contributed by atoms with Crippen LogP contribution in [0, 0.1) is 0 Å². The number of amides is 1. The molecule has 0 unspecified atom stereocenters. The molecule has 0 aliphatic carbocycles. The fourth-order valence-corrected chi connectivity index (χ4v) is 2.21. The first-order chi connectivity index (χ1) is 9.77. The summed E-state index contributed by atoms with van der Waals surface area (Å²) >= 11 is 0. The molecule has 0 saturated heterocycles. The van der Waals surface area contributed by atoms with Gasteiger partial charge in [0.2, 0.25) is 5.88 Å². The van der Waals surface area contributed by atoms with Gasteiger partial charge in [-0.15, -0.1) is 0 Å². The maximum absolute atomic E-state index is 11.5. The Labute approximate surface area is 121 Å². The van der Waals surface area contributed by atoms with Crippen LogP contribution >= 0.6 is 0 Å². The molecular formula is C13H13N3O4S. The van der Waals surface area contributed by atoms with Gasteiger partial charge in [0.15, 0.2) is 9.84 Å². The van der Waals surface area contributed by atoms with Gasteiger partial charge in [0.05, 0.1) is 10.6 Å². The summed E-state index contributed by atoms with van der Waals surface area (Å²) in [5, 5.41) is 0. The number of rotatable bonds is 4. The van der Waals surface area contributed by atoms with Crippen molar-refractivity contribution < 1.29 is 17.9 Å². The topological polar surface area (TPSA) is 125 Å². The largest absolute Gasteiger partial charge is 0.437 e. The van der Waals surface area contributed by atoms with Gasteiger partial charge in [0, 0.05) is 6.26 Å². The zero-order valence-corrected chi connectivity index (χ0v) is 11.9. The highest BCUT2D eigenvalue weighted by molar-refractivity contribution is 7.90. The molecule has 1 aromatic carbocycles. The zero-order chi connectivity index (χ0) is 15.6. The predicted octanol–water partition coefficient (Wildman–Crippen LogP) is 0.959. The van der Waals surface area contributed by atoms with E-state index in [4.69, 9.17) is 16.2 Å². The maximum atomic E-state index is 11.5. The van der Waals surface area contributed by atoms with Crippen LogP contribution in [0.3, 0.4) is 0 Å². The van der Waals surface area contributed by atoms with Gasteiger partial charge in [-0.05, 0) is 30.3 Å². The van der Waals surface area contributed by atoms with Crippen LogP contribution in [0.25, 0.3) is 0 Å². The molecule has 0 aliphatic rings. The summed E-state index contributed by atoms with van der Waals surface area (Å²) in [5.74, 6) is -0.500. The number of carbonyl (C=O) groups is 1. The van der Waals surface area contributed by atoms with E-state index in [0.717, 1.165) is 6.26 Å². The van der Waals surface area contributed by atoms with Gasteiger partial charge < -0.3 is 16.2 Å². The van der Waals surface area contributed by atoms with Crippen molar-refractivity contribution >= 4 is 21.4 Å². The summed E-state index contributed by atoms with van der Waals surface area (Å²) in [7, 11) is -3.36. The highest BCUT2D eigenvalue weighted by atomic mass is 32.2. The number of hydrogen-bond acceptors (Lipinski definition) is 6. The first kappa shape index (κ1) is 14.8. The highest BCUT2D eigenvalue weighted by Crippen LogP contribution is 2.27. The predicted molar refractivity (Wildman–Crippen MR) is 76.8 cm³/mol. The first-order valence-corrected chi connectivity index (χ1v) is 7.71. The molecular weight excluding hydrogens is 294 g/mol. The highest BCUT2D eigenvalue weighted by Gasteiger charge is 2.12. The second kappa shape index (κ2) is 5.41. The Bertz CT molecular complexity index is 803. The number of primary amides is 1. The molecule has 0 radical (unpaired) electrons. The Hall–Kier alpha value is -2.61. The quantitative estimate of drug-likeness (QED) is 0.866. The van der Waals surface area contributed by atoms with Crippen LogP contribution in [0.5, 0.6) is 11.6 Å². The summed E-state index contributed by atoms with van der Waals surface area (Å²) < 4.78 is 28.4. The van der Waals surface area contributed by atoms with Gasteiger partial charge >= 0.3 is 0 Å². The molecule has 1 heterocycles. The number of sulfone groups is 1. The van der Waals surface area contributed by atoms with E-state index >= 15 is 0 Å². The second-order valence-electron chi connectivity index (χ2n) is 4.30. The summed E-state index contributed by atoms with van der Waals surface area (Å²) in [6.07, 6.45) is 1.09. The summed E-state index contributed by atoms with van der Waals surface area (Å²) in [6.45, 7) is 0. The Kier molecular flexibility index (Phi) is 3.81. The number of nitrogen functional groups attached to an aromatic ring is 1. The van der Waals surface area contributed by atoms with E-state index in [0.29, 0.717) is 0 Å². The molecule has 8 heteroatoms. The average molecular weight is 307 g/mol. The van der Waals surface area contributed by atoms with Gasteiger partial charge in [-0.1, -0.05) is 6.07 Å². The van der Waals surface area contributed by atoms with Crippen LogP contribution in [0.15, 0.2) is 41.3 Å². The fourth-order valence-electron chi connectivity index (χ4n) is 1.55. The number of ether oxygens (including phenoxy) is 1. The maximum Gasteiger partial charge on any atom is 0.267 e. The monoisotopic (exact) mass is 307 g/mol. The molecule has 21 heavy (non-hydrogen) atoms. The van der Waals surface area contributed by atoms with Gasteiger partial charge in [-0.25, -0.2) is 13.4 Å². The van der Waals surface area contributed by atoms with E-state index in [1.54, 1.807) is 6.07 Å². The second-order valence-corrected chi connectivity index (χ2v) is 6.32. The van der Waals surface area contributed by atoms with E-state index in [-0.39, 0.29) is 27.9 Å². The fraction of sp³-hybridized carbons (Fsp3) is 0.0769. The van der Waals surface area contributed by atoms with E-state index in [1.807, 2.05) is 0 Å². The average Bonchev–Trinajstić information content (AvgIpc) is 2.40. The SMILES string of the molecule is CS(=O)(=O)c1cccc(Oc2nc(C(N)=O)ccc2N)c1. The number of anilines is 1. The Morgan fingerprint density at radius 3 is 2.57 bits per heavy atom. The van der Waals surface area contributed by atoms with Crippen molar-refractivity contribution in [3.05, 3.63) is 42.1 Å². The molecule has 7 nitrogen and oxygen atoms in total. The number of nitrogens with two attached hydrogens (primary N) is 2. The number of pyridine rings is 1. The van der Waals surface area contributed by atoms with Crippen LogP contribution in [0.2, 0.25) is 0 Å². The molecule has 0 aliphatic heterocycles. The van der Waals surface area contributed by atoms with Gasteiger partial charge in [0.1, 0.15) is 11.4 Å². The van der Waals surface area contributed by atoms with Crippen molar-refractivity contribution in [3.63, 3.8) is 0 Å². The molecule has 0 saturated carbocycles. The third-order valence-corrected chi connectivity index (χ3v) is 3.70. The molecule has 110 valence electrons. The molecule has 0 fully saturated rings. The van der Waals surface area contributed by atoms with Crippen LogP contribution < -0.4 is 16.2 Å². The lowest BCUT2D eigenvalue weighted by molar-refractivity contribution is 0.0995. The Morgan fingerprint density at radius 1 is 1.24 bits per heavy atom. The first-order valence-electron chi connectivity index (χ1n) is 5.81. The van der Waals surface area contributed by atoms with Gasteiger partial charge in [-0.2, -0.15) is 0 Å². The lowest BCUT2D eigenvalue weighted by Gasteiger charge is -2.09. The molecule has 1 aromatic heterocycles. The standard InChI is InChI=1S/C13H13N3O4S/c1-21(18,19)9-4-2-3-8(7-9)20-13-10(14)5-6-11(16-13)12(15)17/h2-7H,14H2,1H3,(H2,15,17). The van der Waals surface area contributed by atoms with Crippen LogP contribution in [0.4, 0.5) is 5.69 Å². The Balaban J connectivity index is 2.39. The van der Waals surface area contributed by atoms with Crippen molar-refractivity contribution in [1.29, 1.82) is 0 Å². The van der Waals surface area contributed by atoms with E-state index < -0.39 is 15.7 Å². The third kappa shape index (κ3) is 3.48. The molecule has 0 spiro atoms. The summed E-state index contributed by atoms with van der Waals surface area (Å²) in [6, 6.07) is 8.67. The summed E-state index contributed by atoms with van der Waals surface area (Å²) in [5.41, 5.74) is 11.0. The van der Waals surface area contributed by atoms with E-state index in [9.17, 15) is 13.2 Å². The molecule has 1 amide bonds. The minimum Gasteiger partial charge on any atom is -0.437 e. The number of nitrogens with zero attached hydrogens (tertiary/aromatic N) is 1. The van der Waals surface area contributed by atoms with Crippen molar-refractivity contribution in [3.8, 4) is 11.6 Å². The van der Waals surface area contributed by atoms with E-state index in [1.165, 1.54) is 30.3 Å². The van der Waals surface area contributed by atoms with Crippen LogP contribution in [0.1, 0.15) is 10.5 Å². The van der Waals surface area contributed by atoms with Crippen molar-refractivity contribution in [1.82, 2.24) is 4.98 Å². The van der Waals surface area contributed by atoms with E-state index in [2.05, 4.69) is 4.98 Å². The zero-order valence-electron chi connectivity index (χ0n) is 11.1. The normalized spacial score (nSPS) is 11.1. The van der Waals surface area contributed by atoms with Crippen molar-refractivity contribution in [2.24, 2.45) is 5.73 Å². The summed E-state index contributed by atoms with van der Waals surface area (Å²) in [4.78, 5) is 15.1. The smallest absolute Gasteiger partial charge is 0.267 e. The minimum atomic E-state index is -3.36. The van der Waals surface area contributed by atoms with Crippen LogP contribution in [-0.2, 0) is 9.84 Å². The lowest BCUT2D eigenvalue weighted by Crippen LogP contribution is -2.13. The number of benzene rings is 1. The van der Waals surface area contributed by atoms with Crippen LogP contribution in [-0.4, -0.2) is 25.6 Å². The van der Waals surface area contributed by atoms with Crippen molar-refractivity contribution in [2.75, 3.05) is 12.0 Å².